The summed E-state index contributed by atoms with van der Waals surface area (Å²) in [7, 11) is 3.96. The lowest BCUT2D eigenvalue weighted by atomic mass is 9.94. The van der Waals surface area contributed by atoms with Crippen molar-refractivity contribution in [1.29, 1.82) is 0 Å². The lowest BCUT2D eigenvalue weighted by Gasteiger charge is -2.38. The van der Waals surface area contributed by atoms with Crippen LogP contribution in [0.4, 0.5) is 0 Å². The van der Waals surface area contributed by atoms with Gasteiger partial charge in [0.25, 0.3) is 0 Å². The zero-order chi connectivity index (χ0) is 14.8. The highest BCUT2D eigenvalue weighted by Crippen LogP contribution is 2.35. The molecule has 1 aromatic rings. The summed E-state index contributed by atoms with van der Waals surface area (Å²) in [5, 5.41) is 0. The summed E-state index contributed by atoms with van der Waals surface area (Å²) >= 11 is 0. The fourth-order valence-corrected chi connectivity index (χ4v) is 3.21. The quantitative estimate of drug-likeness (QED) is 0.842. The van der Waals surface area contributed by atoms with Gasteiger partial charge in [0.15, 0.2) is 0 Å². The van der Waals surface area contributed by atoms with Crippen LogP contribution >= 0.6 is 0 Å². The Kier molecular flexibility index (Phi) is 4.48. The summed E-state index contributed by atoms with van der Waals surface area (Å²) in [5.74, 6) is 0.239. The molecule has 2 atom stereocenters. The summed E-state index contributed by atoms with van der Waals surface area (Å²) in [5.41, 5.74) is 1.10. The summed E-state index contributed by atoms with van der Waals surface area (Å²) in [6.45, 7) is 5.29. The van der Waals surface area contributed by atoms with Crippen LogP contribution in [0.2, 0.25) is 0 Å². The Balaban J connectivity index is 2.29. The number of likely N-dealkylation sites (tertiary alicyclic amines) is 1. The van der Waals surface area contributed by atoms with E-state index in [1.54, 1.807) is 0 Å². The van der Waals surface area contributed by atoms with Crippen LogP contribution in [0.5, 0.6) is 0 Å². The first kappa shape index (κ1) is 15.0. The van der Waals surface area contributed by atoms with Crippen LogP contribution in [0.1, 0.15) is 44.7 Å². The van der Waals surface area contributed by atoms with E-state index in [9.17, 15) is 4.79 Å². The van der Waals surface area contributed by atoms with Crippen LogP contribution < -0.4 is 0 Å². The van der Waals surface area contributed by atoms with E-state index in [2.05, 4.69) is 18.7 Å². The van der Waals surface area contributed by atoms with Gasteiger partial charge in [0.1, 0.15) is 6.04 Å². The average Bonchev–Trinajstić information content (AvgIpc) is 2.82. The molecule has 1 unspecified atom stereocenters. The van der Waals surface area contributed by atoms with Gasteiger partial charge in [-0.25, -0.2) is 0 Å². The molecule has 20 heavy (non-hydrogen) atoms. The molecular weight excluding hydrogens is 248 g/mol. The third kappa shape index (κ3) is 2.73. The molecule has 0 aromatic heterocycles. The predicted molar refractivity (Wildman–Crippen MR) is 82.5 cm³/mol. The molecule has 1 aromatic carbocycles. The first-order valence-electron chi connectivity index (χ1n) is 7.52. The van der Waals surface area contributed by atoms with E-state index in [0.29, 0.717) is 0 Å². The molecule has 0 bridgehead atoms. The number of benzene rings is 1. The Morgan fingerprint density at radius 3 is 2.55 bits per heavy atom. The molecule has 0 N–H and O–H groups in total. The van der Waals surface area contributed by atoms with E-state index < -0.39 is 0 Å². The number of hydrogen-bond donors (Lipinski definition) is 0. The largest absolute Gasteiger partial charge is 0.336 e. The second-order valence-corrected chi connectivity index (χ2v) is 6.22. The van der Waals surface area contributed by atoms with Crippen molar-refractivity contribution in [3.05, 3.63) is 35.9 Å². The molecule has 0 spiro atoms. The second-order valence-electron chi connectivity index (χ2n) is 6.22. The lowest BCUT2D eigenvalue weighted by Crippen LogP contribution is -2.49. The Morgan fingerprint density at radius 1 is 1.35 bits per heavy atom. The van der Waals surface area contributed by atoms with E-state index in [0.717, 1.165) is 31.4 Å². The Hall–Kier alpha value is -1.35. The van der Waals surface area contributed by atoms with Crippen LogP contribution in [0.3, 0.4) is 0 Å². The molecule has 110 valence electrons. The minimum Gasteiger partial charge on any atom is -0.336 e. The van der Waals surface area contributed by atoms with Crippen LogP contribution in [-0.4, -0.2) is 41.9 Å². The number of rotatable bonds is 4. The first-order chi connectivity index (χ1) is 9.49. The van der Waals surface area contributed by atoms with Gasteiger partial charge < -0.3 is 4.90 Å². The summed E-state index contributed by atoms with van der Waals surface area (Å²) in [4.78, 5) is 17.2. The van der Waals surface area contributed by atoms with Gasteiger partial charge in [0.2, 0.25) is 5.91 Å². The van der Waals surface area contributed by atoms with E-state index in [4.69, 9.17) is 0 Å². The molecular formula is C17H26N2O. The molecule has 0 radical (unpaired) electrons. The fraction of sp³-hybridized carbons (Fsp3) is 0.588. The van der Waals surface area contributed by atoms with Crippen molar-refractivity contribution in [2.75, 3.05) is 20.6 Å². The maximum atomic E-state index is 13.0. The molecule has 1 saturated heterocycles. The molecule has 3 heteroatoms. The number of nitrogens with zero attached hydrogens (tertiary/aromatic N) is 2. The number of amides is 1. The topological polar surface area (TPSA) is 23.6 Å². The highest BCUT2D eigenvalue weighted by Gasteiger charge is 2.41. The molecule has 1 aliphatic rings. The summed E-state index contributed by atoms with van der Waals surface area (Å²) in [6, 6.07) is 9.90. The van der Waals surface area contributed by atoms with Crippen molar-refractivity contribution in [2.45, 2.75) is 44.7 Å². The molecule has 2 rings (SSSR count). The molecule has 1 heterocycles. The monoisotopic (exact) mass is 274 g/mol. The minimum absolute atomic E-state index is 0.0279. The van der Waals surface area contributed by atoms with E-state index >= 15 is 0 Å². The van der Waals surface area contributed by atoms with Gasteiger partial charge in [0.05, 0.1) is 0 Å². The Morgan fingerprint density at radius 2 is 2.00 bits per heavy atom. The lowest BCUT2D eigenvalue weighted by molar-refractivity contribution is -0.140. The fourth-order valence-electron chi connectivity index (χ4n) is 3.21. The molecule has 3 nitrogen and oxygen atoms in total. The van der Waals surface area contributed by atoms with Gasteiger partial charge in [-0.3, -0.25) is 9.69 Å². The highest BCUT2D eigenvalue weighted by atomic mass is 16.2. The molecule has 1 fully saturated rings. The molecule has 0 saturated carbocycles. The van der Waals surface area contributed by atoms with Crippen molar-refractivity contribution in [3.8, 4) is 0 Å². The van der Waals surface area contributed by atoms with Gasteiger partial charge in [-0.05, 0) is 45.8 Å². The number of carbonyl (C=O) groups excluding carboxylic acids is 1. The smallest absolute Gasteiger partial charge is 0.244 e. The Bertz CT molecular complexity index is 457. The van der Waals surface area contributed by atoms with E-state index in [1.165, 1.54) is 0 Å². The SMILES string of the molecule is CCC1(C)CCCN1C(=O)[C@@H](c1ccccc1)N(C)C. The van der Waals surface area contributed by atoms with Crippen molar-refractivity contribution in [2.24, 2.45) is 0 Å². The summed E-state index contributed by atoms with van der Waals surface area (Å²) in [6.07, 6.45) is 3.25. The zero-order valence-electron chi connectivity index (χ0n) is 13.1. The highest BCUT2D eigenvalue weighted by molar-refractivity contribution is 5.84. The summed E-state index contributed by atoms with van der Waals surface area (Å²) < 4.78 is 0. The van der Waals surface area contributed by atoms with Crippen LogP contribution in [0, 0.1) is 0 Å². The van der Waals surface area contributed by atoms with Gasteiger partial charge in [-0.1, -0.05) is 37.3 Å². The second kappa shape index (κ2) is 5.96. The number of carbonyl (C=O) groups is 1. The van der Waals surface area contributed by atoms with Crippen molar-refractivity contribution in [1.82, 2.24) is 9.80 Å². The van der Waals surface area contributed by atoms with Crippen LogP contribution in [0.15, 0.2) is 30.3 Å². The third-order valence-corrected chi connectivity index (χ3v) is 4.64. The molecule has 1 amide bonds. The third-order valence-electron chi connectivity index (χ3n) is 4.64. The van der Waals surface area contributed by atoms with Crippen LogP contribution in [0.25, 0.3) is 0 Å². The van der Waals surface area contributed by atoms with Gasteiger partial charge in [0, 0.05) is 12.1 Å². The van der Waals surface area contributed by atoms with E-state index in [-0.39, 0.29) is 17.5 Å². The number of likely N-dealkylation sites (N-methyl/N-ethyl adjacent to an activating group) is 1. The van der Waals surface area contributed by atoms with Crippen molar-refractivity contribution < 1.29 is 4.79 Å². The first-order valence-corrected chi connectivity index (χ1v) is 7.52. The maximum absolute atomic E-state index is 13.0. The Labute approximate surface area is 122 Å². The number of hydrogen-bond acceptors (Lipinski definition) is 2. The van der Waals surface area contributed by atoms with Gasteiger partial charge in [-0.15, -0.1) is 0 Å². The molecule has 1 aliphatic heterocycles. The average molecular weight is 274 g/mol. The predicted octanol–water partition coefficient (Wildman–Crippen LogP) is 3.08. The van der Waals surface area contributed by atoms with Crippen LogP contribution in [-0.2, 0) is 4.79 Å². The maximum Gasteiger partial charge on any atom is 0.244 e. The van der Waals surface area contributed by atoms with Gasteiger partial charge >= 0.3 is 0 Å². The van der Waals surface area contributed by atoms with Gasteiger partial charge in [-0.2, -0.15) is 0 Å². The normalized spacial score (nSPS) is 24.1. The van der Waals surface area contributed by atoms with E-state index in [1.807, 2.05) is 49.3 Å². The minimum atomic E-state index is -0.180. The van der Waals surface area contributed by atoms with Crippen molar-refractivity contribution in [3.63, 3.8) is 0 Å². The van der Waals surface area contributed by atoms with Crippen molar-refractivity contribution >= 4 is 5.91 Å². The molecule has 0 aliphatic carbocycles. The standard InChI is InChI=1S/C17H26N2O/c1-5-17(2)12-9-13-19(17)16(20)15(18(3)4)14-10-7-6-8-11-14/h6-8,10-11,15H,5,9,12-13H2,1-4H3/t15-,17?/m1/s1. The zero-order valence-corrected chi connectivity index (χ0v) is 13.1.